The molecule has 0 amide bonds. The average molecular weight is 221 g/mol. The number of thioether (sulfide) groups is 1. The Balaban J connectivity index is 2.67. The molecule has 0 bridgehead atoms. The highest BCUT2D eigenvalue weighted by Gasteiger charge is 2.19. The summed E-state index contributed by atoms with van der Waals surface area (Å²) in [6.07, 6.45) is 0.376. The molecule has 0 spiro atoms. The molecular formula is C11H11NO2S. The number of carboxylic acids is 1. The molecule has 0 radical (unpaired) electrons. The van der Waals surface area contributed by atoms with Crippen molar-refractivity contribution < 1.29 is 9.90 Å². The van der Waals surface area contributed by atoms with E-state index < -0.39 is 11.2 Å². The van der Waals surface area contributed by atoms with Gasteiger partial charge in [0, 0.05) is 12.2 Å². The molecule has 0 aliphatic heterocycles. The average Bonchev–Trinajstić information content (AvgIpc) is 2.25. The predicted octanol–water partition coefficient (Wildman–Crippen LogP) is 2.46. The van der Waals surface area contributed by atoms with Crippen LogP contribution in [0.5, 0.6) is 0 Å². The summed E-state index contributed by atoms with van der Waals surface area (Å²) in [7, 11) is 0. The van der Waals surface area contributed by atoms with E-state index in [9.17, 15) is 4.79 Å². The quantitative estimate of drug-likeness (QED) is 0.776. The Morgan fingerprint density at radius 2 is 2.13 bits per heavy atom. The second kappa shape index (κ2) is 6.10. The molecule has 78 valence electrons. The molecule has 0 aliphatic carbocycles. The number of carboxylic acid groups (broad SMARTS) is 1. The molecule has 1 atom stereocenters. The topological polar surface area (TPSA) is 61.1 Å². The van der Waals surface area contributed by atoms with Gasteiger partial charge in [0.2, 0.25) is 0 Å². The fourth-order valence-corrected chi connectivity index (χ4v) is 2.10. The minimum Gasteiger partial charge on any atom is -0.480 e. The number of aliphatic carboxylic acids is 1. The van der Waals surface area contributed by atoms with Crippen LogP contribution in [0.4, 0.5) is 0 Å². The smallest absolute Gasteiger partial charge is 0.321 e. The van der Waals surface area contributed by atoms with E-state index in [0.29, 0.717) is 12.2 Å². The Morgan fingerprint density at radius 3 is 2.67 bits per heavy atom. The van der Waals surface area contributed by atoms with Gasteiger partial charge in [0.25, 0.3) is 0 Å². The van der Waals surface area contributed by atoms with Crippen LogP contribution in [-0.4, -0.2) is 16.8 Å². The highest BCUT2D eigenvalue weighted by atomic mass is 32.2. The lowest BCUT2D eigenvalue weighted by molar-refractivity contribution is -0.136. The van der Waals surface area contributed by atoms with Gasteiger partial charge >= 0.3 is 5.97 Å². The van der Waals surface area contributed by atoms with Crippen molar-refractivity contribution >= 4 is 17.7 Å². The molecule has 0 saturated heterocycles. The van der Waals surface area contributed by atoms with Crippen LogP contribution in [-0.2, 0) is 4.79 Å². The summed E-state index contributed by atoms with van der Waals surface area (Å²) in [4.78, 5) is 11.0. The minimum absolute atomic E-state index is 0.376. The Labute approximate surface area is 92.7 Å². The van der Waals surface area contributed by atoms with Crippen LogP contribution in [0.25, 0.3) is 0 Å². The maximum absolute atomic E-state index is 11.0. The molecule has 4 heteroatoms. The van der Waals surface area contributed by atoms with Crippen LogP contribution in [0.2, 0.25) is 0 Å². The molecule has 0 aromatic heterocycles. The van der Waals surface area contributed by atoms with Gasteiger partial charge in [0.15, 0.2) is 0 Å². The lowest BCUT2D eigenvalue weighted by atomic mass is 10.1. The van der Waals surface area contributed by atoms with Crippen molar-refractivity contribution in [2.75, 3.05) is 5.75 Å². The number of hydrogen-bond acceptors (Lipinski definition) is 3. The summed E-state index contributed by atoms with van der Waals surface area (Å²) in [5.41, 5.74) is 0.771. The van der Waals surface area contributed by atoms with Gasteiger partial charge in [-0.15, -0.1) is 11.8 Å². The van der Waals surface area contributed by atoms with Crippen LogP contribution in [0.3, 0.4) is 0 Å². The van der Waals surface area contributed by atoms with Crippen molar-refractivity contribution in [3.8, 4) is 6.07 Å². The fraction of sp³-hybridized carbons (Fsp3) is 0.273. The molecule has 3 nitrogen and oxygen atoms in total. The number of hydrogen-bond donors (Lipinski definition) is 1. The van der Waals surface area contributed by atoms with Crippen LogP contribution in [0.1, 0.15) is 17.2 Å². The van der Waals surface area contributed by atoms with Gasteiger partial charge in [0.1, 0.15) is 5.25 Å². The Kier molecular flexibility index (Phi) is 4.72. The molecule has 1 unspecified atom stereocenters. The summed E-state index contributed by atoms with van der Waals surface area (Å²) >= 11 is 1.29. The van der Waals surface area contributed by atoms with Gasteiger partial charge in [0.05, 0.1) is 6.07 Å². The van der Waals surface area contributed by atoms with E-state index in [1.165, 1.54) is 11.8 Å². The van der Waals surface area contributed by atoms with Gasteiger partial charge in [-0.3, -0.25) is 4.79 Å². The largest absolute Gasteiger partial charge is 0.480 e. The standard InChI is InChI=1S/C11H11NO2S/c12-7-4-8-15-10(11(13)14)9-5-2-1-3-6-9/h1-3,5-6,10H,4,8H2,(H,13,14). The molecule has 1 rings (SSSR count). The fourth-order valence-electron chi connectivity index (χ4n) is 1.16. The summed E-state index contributed by atoms with van der Waals surface area (Å²) < 4.78 is 0. The second-order valence-corrected chi connectivity index (χ2v) is 4.12. The lowest BCUT2D eigenvalue weighted by Crippen LogP contribution is -2.08. The van der Waals surface area contributed by atoms with Gasteiger partial charge in [-0.05, 0) is 5.56 Å². The number of nitriles is 1. The third-order valence-corrected chi connectivity index (χ3v) is 3.07. The molecule has 0 heterocycles. The van der Waals surface area contributed by atoms with Crippen LogP contribution >= 0.6 is 11.8 Å². The monoisotopic (exact) mass is 221 g/mol. The van der Waals surface area contributed by atoms with Crippen molar-refractivity contribution in [2.24, 2.45) is 0 Å². The highest BCUT2D eigenvalue weighted by molar-refractivity contribution is 8.00. The zero-order valence-electron chi connectivity index (χ0n) is 8.09. The third kappa shape index (κ3) is 3.64. The van der Waals surface area contributed by atoms with Gasteiger partial charge in [-0.2, -0.15) is 5.26 Å². The number of carbonyl (C=O) groups is 1. The zero-order chi connectivity index (χ0) is 11.1. The van der Waals surface area contributed by atoms with Gasteiger partial charge in [-0.25, -0.2) is 0 Å². The Hall–Kier alpha value is -1.47. The van der Waals surface area contributed by atoms with E-state index in [2.05, 4.69) is 0 Å². The van der Waals surface area contributed by atoms with Crippen LogP contribution in [0.15, 0.2) is 30.3 Å². The summed E-state index contributed by atoms with van der Waals surface area (Å²) in [5, 5.41) is 16.8. The van der Waals surface area contributed by atoms with Crippen molar-refractivity contribution in [3.63, 3.8) is 0 Å². The molecule has 15 heavy (non-hydrogen) atoms. The third-order valence-electron chi connectivity index (χ3n) is 1.82. The summed E-state index contributed by atoms with van der Waals surface area (Å²) in [6.45, 7) is 0. The molecule has 0 saturated carbocycles. The molecule has 0 fully saturated rings. The van der Waals surface area contributed by atoms with E-state index in [1.807, 2.05) is 24.3 Å². The van der Waals surface area contributed by atoms with E-state index in [0.717, 1.165) is 5.56 Å². The number of benzene rings is 1. The minimum atomic E-state index is -0.857. The predicted molar refractivity (Wildman–Crippen MR) is 59.5 cm³/mol. The highest BCUT2D eigenvalue weighted by Crippen LogP contribution is 2.29. The maximum atomic E-state index is 11.0. The van der Waals surface area contributed by atoms with E-state index in [4.69, 9.17) is 10.4 Å². The zero-order valence-corrected chi connectivity index (χ0v) is 8.91. The molecule has 1 N–H and O–H groups in total. The van der Waals surface area contributed by atoms with E-state index in [-0.39, 0.29) is 0 Å². The first kappa shape index (κ1) is 11.6. The molecule has 1 aromatic rings. The van der Waals surface area contributed by atoms with Crippen LogP contribution < -0.4 is 0 Å². The normalized spacial score (nSPS) is 11.7. The van der Waals surface area contributed by atoms with Crippen molar-refractivity contribution in [3.05, 3.63) is 35.9 Å². The Morgan fingerprint density at radius 1 is 1.47 bits per heavy atom. The first-order valence-electron chi connectivity index (χ1n) is 4.52. The van der Waals surface area contributed by atoms with Crippen molar-refractivity contribution in [2.45, 2.75) is 11.7 Å². The van der Waals surface area contributed by atoms with Crippen LogP contribution in [0, 0.1) is 11.3 Å². The van der Waals surface area contributed by atoms with Crippen molar-refractivity contribution in [1.29, 1.82) is 5.26 Å². The SMILES string of the molecule is N#CCCSC(C(=O)O)c1ccccc1. The molecular weight excluding hydrogens is 210 g/mol. The summed E-state index contributed by atoms with van der Waals surface area (Å²) in [6, 6.07) is 11.1. The van der Waals surface area contributed by atoms with E-state index >= 15 is 0 Å². The molecule has 0 aliphatic rings. The van der Waals surface area contributed by atoms with E-state index in [1.54, 1.807) is 12.1 Å². The second-order valence-electron chi connectivity index (χ2n) is 2.91. The van der Waals surface area contributed by atoms with Crippen molar-refractivity contribution in [1.82, 2.24) is 0 Å². The van der Waals surface area contributed by atoms with Gasteiger partial charge < -0.3 is 5.11 Å². The number of nitrogens with zero attached hydrogens (tertiary/aromatic N) is 1. The first-order valence-corrected chi connectivity index (χ1v) is 5.57. The van der Waals surface area contributed by atoms with Gasteiger partial charge in [-0.1, -0.05) is 30.3 Å². The Bertz CT molecular complexity index is 359. The maximum Gasteiger partial charge on any atom is 0.321 e. The number of rotatable bonds is 5. The molecule has 1 aromatic carbocycles. The lowest BCUT2D eigenvalue weighted by Gasteiger charge is -2.10. The summed E-state index contributed by atoms with van der Waals surface area (Å²) in [5.74, 6) is -0.313. The first-order chi connectivity index (χ1) is 7.25.